The number of anilines is 1. The Morgan fingerprint density at radius 2 is 1.87 bits per heavy atom. The number of aryl methyl sites for hydroxylation is 2. The van der Waals surface area contributed by atoms with Crippen molar-refractivity contribution in [2.45, 2.75) is 5.16 Å². The van der Waals surface area contributed by atoms with Gasteiger partial charge in [0.15, 0.2) is 5.16 Å². The van der Waals surface area contributed by atoms with Crippen molar-refractivity contribution in [1.82, 2.24) is 19.1 Å². The number of hydrogen-bond donors (Lipinski definition) is 2. The molecule has 0 unspecified atom stereocenters. The largest absolute Gasteiger partial charge is 0.328 e. The molecule has 0 aliphatic heterocycles. The van der Waals surface area contributed by atoms with Gasteiger partial charge in [-0.15, -0.1) is 0 Å². The molecule has 1 amide bonds. The van der Waals surface area contributed by atoms with Gasteiger partial charge in [0.1, 0.15) is 5.69 Å². The average molecular weight is 440 g/mol. The third kappa shape index (κ3) is 3.68. The summed E-state index contributed by atoms with van der Waals surface area (Å²) in [5, 5.41) is 14.7. The van der Waals surface area contributed by atoms with E-state index >= 15 is 0 Å². The van der Waals surface area contributed by atoms with E-state index in [-0.39, 0.29) is 33.5 Å². The van der Waals surface area contributed by atoms with Crippen LogP contribution >= 0.6 is 11.8 Å². The van der Waals surface area contributed by atoms with Crippen LogP contribution in [0.2, 0.25) is 0 Å². The third-order valence-electron chi connectivity index (χ3n) is 4.79. The standard InChI is InChI=1S/C19H16N6O5S/c1-23-14-7-12(13(25(29)30)8-15(14)24(2)19(23)28)20-16(26)9-31-18-21-11-6-4-3-5-10(11)17(27)22-18/h3-8H,9H2,1-2H3,(H,20,26)(H,21,22,27). The smallest absolute Gasteiger partial charge is 0.320 e. The summed E-state index contributed by atoms with van der Waals surface area (Å²) < 4.78 is 2.64. The number of para-hydroxylation sites is 1. The summed E-state index contributed by atoms with van der Waals surface area (Å²) in [6.07, 6.45) is 0. The Morgan fingerprint density at radius 3 is 2.58 bits per heavy atom. The molecule has 4 aromatic rings. The first kappa shape index (κ1) is 20.3. The highest BCUT2D eigenvalue weighted by molar-refractivity contribution is 7.99. The van der Waals surface area contributed by atoms with Crippen LogP contribution in [0.25, 0.3) is 21.9 Å². The molecule has 0 radical (unpaired) electrons. The van der Waals surface area contributed by atoms with Crippen molar-refractivity contribution in [3.05, 3.63) is 67.4 Å². The van der Waals surface area contributed by atoms with Crippen LogP contribution in [0.15, 0.2) is 51.1 Å². The predicted octanol–water partition coefficient (Wildman–Crippen LogP) is 1.75. The van der Waals surface area contributed by atoms with E-state index in [2.05, 4.69) is 15.3 Å². The molecule has 158 valence electrons. The molecule has 12 heteroatoms. The van der Waals surface area contributed by atoms with Crippen LogP contribution in [0.3, 0.4) is 0 Å². The molecule has 0 atom stereocenters. The molecule has 0 saturated heterocycles. The summed E-state index contributed by atoms with van der Waals surface area (Å²) in [5.74, 6) is -0.659. The molecule has 0 bridgehead atoms. The van der Waals surface area contributed by atoms with E-state index in [1.807, 2.05) is 0 Å². The Hall–Kier alpha value is -3.93. The average Bonchev–Trinajstić information content (AvgIpc) is 2.95. The van der Waals surface area contributed by atoms with Gasteiger partial charge in [-0.3, -0.25) is 28.8 Å². The van der Waals surface area contributed by atoms with Crippen molar-refractivity contribution in [3.63, 3.8) is 0 Å². The van der Waals surface area contributed by atoms with Crippen LogP contribution in [-0.2, 0) is 18.9 Å². The van der Waals surface area contributed by atoms with Gasteiger partial charge < -0.3 is 10.3 Å². The van der Waals surface area contributed by atoms with Crippen LogP contribution < -0.4 is 16.6 Å². The number of nitro groups is 1. The Kier molecular flexibility index (Phi) is 5.07. The molecule has 4 rings (SSSR count). The van der Waals surface area contributed by atoms with Gasteiger partial charge in [-0.2, -0.15) is 0 Å². The van der Waals surface area contributed by atoms with Gasteiger partial charge in [-0.1, -0.05) is 23.9 Å². The fourth-order valence-electron chi connectivity index (χ4n) is 3.24. The summed E-state index contributed by atoms with van der Waals surface area (Å²) in [6.45, 7) is 0. The van der Waals surface area contributed by atoms with Gasteiger partial charge in [0.2, 0.25) is 5.91 Å². The zero-order chi connectivity index (χ0) is 22.3. The van der Waals surface area contributed by atoms with Gasteiger partial charge in [-0.25, -0.2) is 9.78 Å². The molecule has 2 aromatic heterocycles. The maximum absolute atomic E-state index is 12.5. The second-order valence-electron chi connectivity index (χ2n) is 6.74. The molecular weight excluding hydrogens is 424 g/mol. The highest BCUT2D eigenvalue weighted by Crippen LogP contribution is 2.30. The number of carbonyl (C=O) groups excluding carboxylic acids is 1. The third-order valence-corrected chi connectivity index (χ3v) is 5.66. The first-order chi connectivity index (χ1) is 14.8. The van der Waals surface area contributed by atoms with E-state index in [4.69, 9.17) is 0 Å². The van der Waals surface area contributed by atoms with E-state index in [0.717, 1.165) is 11.8 Å². The number of aromatic amines is 1. The predicted molar refractivity (Wildman–Crippen MR) is 117 cm³/mol. The van der Waals surface area contributed by atoms with Crippen LogP contribution in [0, 0.1) is 10.1 Å². The number of thioether (sulfide) groups is 1. The van der Waals surface area contributed by atoms with E-state index in [1.165, 1.54) is 28.3 Å². The van der Waals surface area contributed by atoms with Crippen LogP contribution in [-0.4, -0.2) is 35.7 Å². The molecule has 11 nitrogen and oxygen atoms in total. The molecule has 2 N–H and O–H groups in total. The van der Waals surface area contributed by atoms with Crippen LogP contribution in [0.5, 0.6) is 0 Å². The van der Waals surface area contributed by atoms with E-state index in [9.17, 15) is 24.5 Å². The SMILES string of the molecule is Cn1c(=O)n(C)c2cc([N+](=O)[O-])c(NC(=O)CSc3nc4ccccc4c(=O)[nH]3)cc21. The number of nitrogens with zero attached hydrogens (tertiary/aromatic N) is 4. The van der Waals surface area contributed by atoms with Gasteiger partial charge in [0.05, 0.1) is 32.6 Å². The van der Waals surface area contributed by atoms with Crippen LogP contribution in [0.1, 0.15) is 0 Å². The number of H-pyrrole nitrogens is 1. The second kappa shape index (κ2) is 7.72. The number of nitro benzene ring substituents is 1. The first-order valence-electron chi connectivity index (χ1n) is 9.02. The molecule has 0 spiro atoms. The zero-order valence-corrected chi connectivity index (χ0v) is 17.2. The number of amides is 1. The lowest BCUT2D eigenvalue weighted by Gasteiger charge is -2.07. The van der Waals surface area contributed by atoms with Crippen molar-refractivity contribution in [3.8, 4) is 0 Å². The van der Waals surface area contributed by atoms with Crippen molar-refractivity contribution in [2.75, 3.05) is 11.1 Å². The minimum atomic E-state index is -0.623. The first-order valence-corrected chi connectivity index (χ1v) is 10.0. The number of rotatable bonds is 5. The molecule has 0 aliphatic rings. The number of aromatic nitrogens is 4. The van der Waals surface area contributed by atoms with Crippen molar-refractivity contribution < 1.29 is 9.72 Å². The normalized spacial score (nSPS) is 11.2. The number of carbonyl (C=O) groups is 1. The molecule has 2 aromatic carbocycles. The number of hydrogen-bond acceptors (Lipinski definition) is 7. The Balaban J connectivity index is 1.59. The molecular formula is C19H16N6O5S. The summed E-state index contributed by atoms with van der Waals surface area (Å²) in [6, 6.07) is 9.47. The highest BCUT2D eigenvalue weighted by Gasteiger charge is 2.21. The molecule has 0 fully saturated rings. The Morgan fingerprint density at radius 1 is 1.19 bits per heavy atom. The molecule has 0 aliphatic carbocycles. The maximum atomic E-state index is 12.5. The van der Waals surface area contributed by atoms with E-state index in [0.29, 0.717) is 21.9 Å². The number of benzene rings is 2. The number of imidazole rings is 1. The summed E-state index contributed by atoms with van der Waals surface area (Å²) in [4.78, 5) is 54.5. The van der Waals surface area contributed by atoms with Gasteiger partial charge in [0, 0.05) is 20.2 Å². The monoisotopic (exact) mass is 440 g/mol. The lowest BCUT2D eigenvalue weighted by Crippen LogP contribution is -2.19. The molecule has 31 heavy (non-hydrogen) atoms. The molecule has 2 heterocycles. The Bertz CT molecular complexity index is 1490. The molecule has 0 saturated carbocycles. The van der Waals surface area contributed by atoms with Crippen molar-refractivity contribution >= 4 is 51.0 Å². The second-order valence-corrected chi connectivity index (χ2v) is 7.70. The minimum absolute atomic E-state index is 0.0238. The van der Waals surface area contributed by atoms with E-state index < -0.39 is 10.8 Å². The lowest BCUT2D eigenvalue weighted by atomic mass is 10.2. The zero-order valence-electron chi connectivity index (χ0n) is 16.4. The van der Waals surface area contributed by atoms with Crippen molar-refractivity contribution in [1.29, 1.82) is 0 Å². The van der Waals surface area contributed by atoms with Gasteiger partial charge in [-0.05, 0) is 18.2 Å². The topological polar surface area (TPSA) is 145 Å². The fraction of sp³-hybridized carbons (Fsp3) is 0.158. The maximum Gasteiger partial charge on any atom is 0.328 e. The van der Waals surface area contributed by atoms with Crippen molar-refractivity contribution in [2.24, 2.45) is 14.1 Å². The Labute approximate surface area is 177 Å². The fourth-order valence-corrected chi connectivity index (χ4v) is 3.91. The summed E-state index contributed by atoms with van der Waals surface area (Å²) in [5.41, 5.74) is 0.314. The highest BCUT2D eigenvalue weighted by atomic mass is 32.2. The quantitative estimate of drug-likeness (QED) is 0.208. The minimum Gasteiger partial charge on any atom is -0.320 e. The van der Waals surface area contributed by atoms with Crippen LogP contribution in [0.4, 0.5) is 11.4 Å². The number of nitrogens with one attached hydrogen (secondary N) is 2. The van der Waals surface area contributed by atoms with Gasteiger partial charge >= 0.3 is 5.69 Å². The lowest BCUT2D eigenvalue weighted by molar-refractivity contribution is -0.383. The summed E-state index contributed by atoms with van der Waals surface area (Å²) >= 11 is 0.996. The summed E-state index contributed by atoms with van der Waals surface area (Å²) in [7, 11) is 3.06. The number of fused-ring (bicyclic) bond motifs is 2. The van der Waals surface area contributed by atoms with E-state index in [1.54, 1.807) is 31.3 Å². The van der Waals surface area contributed by atoms with Gasteiger partial charge in [0.25, 0.3) is 11.2 Å².